The van der Waals surface area contributed by atoms with Crippen LogP contribution in [0.3, 0.4) is 0 Å². The van der Waals surface area contributed by atoms with E-state index in [1.54, 1.807) is 0 Å². The van der Waals surface area contributed by atoms with E-state index in [0.717, 1.165) is 45.8 Å². The molecule has 2 heterocycles. The lowest BCUT2D eigenvalue weighted by atomic mass is 10.2. The predicted molar refractivity (Wildman–Crippen MR) is 157 cm³/mol. The van der Waals surface area contributed by atoms with Crippen LogP contribution >= 0.6 is 0 Å². The van der Waals surface area contributed by atoms with Crippen LogP contribution in [0.5, 0.6) is 0 Å². The van der Waals surface area contributed by atoms with E-state index in [2.05, 4.69) is 58.3 Å². The summed E-state index contributed by atoms with van der Waals surface area (Å²) in [7, 11) is 0. The minimum atomic E-state index is 0.808. The fraction of sp³-hybridized carbons (Fsp3) is 0. The summed E-state index contributed by atoms with van der Waals surface area (Å²) in [6.07, 6.45) is 0. The van der Waals surface area contributed by atoms with Gasteiger partial charge in [-0.1, -0.05) is 84.9 Å². The number of para-hydroxylation sites is 4. The number of hydrogen-bond acceptors (Lipinski definition) is 4. The van der Waals surface area contributed by atoms with Crippen LogP contribution in [0.4, 0.5) is 34.4 Å². The van der Waals surface area contributed by atoms with Gasteiger partial charge in [0.25, 0.3) is 0 Å². The molecular formula is C34H26N4. The Bertz CT molecular complexity index is 1400. The van der Waals surface area contributed by atoms with Crippen molar-refractivity contribution in [2.75, 3.05) is 9.80 Å². The zero-order valence-corrected chi connectivity index (χ0v) is 20.8. The minimum Gasteiger partial charge on any atom is -0.295 e. The molecular weight excluding hydrogens is 464 g/mol. The summed E-state index contributed by atoms with van der Waals surface area (Å²) in [4.78, 5) is 14.5. The zero-order valence-electron chi connectivity index (χ0n) is 20.8. The summed E-state index contributed by atoms with van der Waals surface area (Å²) in [5.41, 5.74) is 5.80. The molecule has 0 saturated heterocycles. The van der Waals surface area contributed by atoms with Crippen molar-refractivity contribution >= 4 is 34.4 Å². The van der Waals surface area contributed by atoms with Crippen LogP contribution in [0.1, 0.15) is 0 Å². The fourth-order valence-corrected chi connectivity index (χ4v) is 4.52. The van der Waals surface area contributed by atoms with Gasteiger partial charge in [0.1, 0.15) is 11.6 Å². The second-order valence-corrected chi connectivity index (χ2v) is 8.78. The first-order valence-corrected chi connectivity index (χ1v) is 12.6. The van der Waals surface area contributed by atoms with Crippen LogP contribution in [0, 0.1) is 0 Å². The lowest BCUT2D eigenvalue weighted by Gasteiger charge is -2.25. The molecule has 0 aliphatic rings. The molecule has 0 amide bonds. The summed E-state index contributed by atoms with van der Waals surface area (Å²) < 4.78 is 0. The average Bonchev–Trinajstić information content (AvgIpc) is 3.00. The molecule has 0 unspecified atom stereocenters. The normalized spacial score (nSPS) is 10.6. The topological polar surface area (TPSA) is 32.3 Å². The lowest BCUT2D eigenvalue weighted by molar-refractivity contribution is 1.15. The third-order valence-electron chi connectivity index (χ3n) is 6.25. The highest BCUT2D eigenvalue weighted by atomic mass is 15.2. The zero-order chi connectivity index (χ0) is 25.6. The van der Waals surface area contributed by atoms with Crippen molar-refractivity contribution in [1.82, 2.24) is 9.97 Å². The van der Waals surface area contributed by atoms with Gasteiger partial charge >= 0.3 is 0 Å². The molecule has 0 fully saturated rings. The molecule has 4 heteroatoms. The second kappa shape index (κ2) is 10.8. The number of nitrogens with zero attached hydrogens (tertiary/aromatic N) is 4. The summed E-state index contributed by atoms with van der Waals surface area (Å²) in [6.45, 7) is 0. The molecule has 6 rings (SSSR count). The number of pyridine rings is 2. The number of hydrogen-bond donors (Lipinski definition) is 0. The maximum atomic E-state index is 5.09. The molecule has 4 aromatic carbocycles. The smallest absolute Gasteiger partial charge is 0.138 e. The molecule has 0 N–H and O–H groups in total. The number of anilines is 6. The fourth-order valence-electron chi connectivity index (χ4n) is 4.52. The van der Waals surface area contributed by atoms with Crippen molar-refractivity contribution in [1.29, 1.82) is 0 Å². The third-order valence-corrected chi connectivity index (χ3v) is 6.25. The minimum absolute atomic E-state index is 0.808. The van der Waals surface area contributed by atoms with Crippen molar-refractivity contribution in [2.45, 2.75) is 0 Å². The van der Waals surface area contributed by atoms with Crippen molar-refractivity contribution in [3.05, 3.63) is 158 Å². The highest BCUT2D eigenvalue weighted by molar-refractivity contribution is 5.77. The van der Waals surface area contributed by atoms with Gasteiger partial charge in [-0.2, -0.15) is 0 Å². The Morgan fingerprint density at radius 3 is 0.868 bits per heavy atom. The van der Waals surface area contributed by atoms with Crippen LogP contribution in [0.15, 0.2) is 158 Å². The van der Waals surface area contributed by atoms with E-state index in [1.165, 1.54) is 0 Å². The Labute approximate surface area is 223 Å². The summed E-state index contributed by atoms with van der Waals surface area (Å²) >= 11 is 0. The van der Waals surface area contributed by atoms with Gasteiger partial charge in [-0.25, -0.2) is 9.97 Å². The molecule has 0 aliphatic heterocycles. The first-order chi connectivity index (χ1) is 18.9. The van der Waals surface area contributed by atoms with Gasteiger partial charge in [0, 0.05) is 22.7 Å². The summed E-state index contributed by atoms with van der Waals surface area (Å²) in [6, 6.07) is 53.4. The molecule has 0 atom stereocenters. The van der Waals surface area contributed by atoms with Gasteiger partial charge in [-0.05, 0) is 72.8 Å². The Hall–Kier alpha value is -5.22. The Kier molecular flexibility index (Phi) is 6.60. The molecule has 0 bridgehead atoms. The largest absolute Gasteiger partial charge is 0.295 e. The van der Waals surface area contributed by atoms with Gasteiger partial charge < -0.3 is 0 Å². The van der Waals surface area contributed by atoms with Crippen LogP contribution in [0.2, 0.25) is 0 Å². The quantitative estimate of drug-likeness (QED) is 0.223. The molecule has 0 aliphatic carbocycles. The first kappa shape index (κ1) is 23.2. The van der Waals surface area contributed by atoms with Gasteiger partial charge in [-0.15, -0.1) is 0 Å². The van der Waals surface area contributed by atoms with E-state index >= 15 is 0 Å². The van der Waals surface area contributed by atoms with E-state index in [-0.39, 0.29) is 0 Å². The van der Waals surface area contributed by atoms with Gasteiger partial charge in [0.15, 0.2) is 0 Å². The molecule has 4 nitrogen and oxygen atoms in total. The van der Waals surface area contributed by atoms with E-state index in [4.69, 9.17) is 9.97 Å². The van der Waals surface area contributed by atoms with Gasteiger partial charge in [-0.3, -0.25) is 9.80 Å². The van der Waals surface area contributed by atoms with Crippen molar-refractivity contribution in [2.24, 2.45) is 0 Å². The number of rotatable bonds is 7. The van der Waals surface area contributed by atoms with Crippen LogP contribution in [0.25, 0.3) is 11.4 Å². The Morgan fingerprint density at radius 1 is 0.289 bits per heavy atom. The van der Waals surface area contributed by atoms with Gasteiger partial charge in [0.2, 0.25) is 0 Å². The number of benzene rings is 4. The van der Waals surface area contributed by atoms with E-state index < -0.39 is 0 Å². The van der Waals surface area contributed by atoms with Crippen LogP contribution in [-0.2, 0) is 0 Å². The lowest BCUT2D eigenvalue weighted by Crippen LogP contribution is -2.12. The Balaban J connectivity index is 1.43. The van der Waals surface area contributed by atoms with Crippen molar-refractivity contribution in [3.8, 4) is 11.4 Å². The molecule has 0 radical (unpaired) electrons. The molecule has 0 spiro atoms. The van der Waals surface area contributed by atoms with Crippen molar-refractivity contribution in [3.63, 3.8) is 0 Å². The molecule has 2 aromatic heterocycles. The second-order valence-electron chi connectivity index (χ2n) is 8.78. The maximum absolute atomic E-state index is 5.09. The molecule has 182 valence electrons. The first-order valence-electron chi connectivity index (χ1n) is 12.6. The highest BCUT2D eigenvalue weighted by Crippen LogP contribution is 2.36. The van der Waals surface area contributed by atoms with Crippen molar-refractivity contribution < 1.29 is 0 Å². The Morgan fingerprint density at radius 2 is 0.579 bits per heavy atom. The monoisotopic (exact) mass is 490 g/mol. The van der Waals surface area contributed by atoms with E-state index in [1.807, 2.05) is 109 Å². The number of aromatic nitrogens is 2. The SMILES string of the molecule is c1ccc(N(c2ccccc2)c2cccc(-c3cccc(N(c4ccccc4)c4ccccc4)n3)n2)cc1. The highest BCUT2D eigenvalue weighted by Gasteiger charge is 2.17. The average molecular weight is 491 g/mol. The summed E-state index contributed by atoms with van der Waals surface area (Å²) in [5.74, 6) is 1.66. The standard InChI is InChI=1S/C34H26N4/c1-5-15-27(16-6-1)37(28-17-7-2-8-18-28)33-25-13-23-31(35-33)32-24-14-26-34(36-32)38(29-19-9-3-10-20-29)30-21-11-4-12-22-30/h1-26H. The van der Waals surface area contributed by atoms with E-state index in [9.17, 15) is 0 Å². The molecule has 0 saturated carbocycles. The summed E-state index contributed by atoms with van der Waals surface area (Å²) in [5, 5.41) is 0. The molecule has 6 aromatic rings. The van der Waals surface area contributed by atoms with Gasteiger partial charge in [0.05, 0.1) is 11.4 Å². The van der Waals surface area contributed by atoms with E-state index in [0.29, 0.717) is 0 Å². The maximum Gasteiger partial charge on any atom is 0.138 e. The van der Waals surface area contributed by atoms with Crippen LogP contribution < -0.4 is 9.80 Å². The molecule has 38 heavy (non-hydrogen) atoms. The predicted octanol–water partition coefficient (Wildman–Crippen LogP) is 9.08. The third kappa shape index (κ3) is 4.88. The van der Waals surface area contributed by atoms with Crippen LogP contribution in [-0.4, -0.2) is 9.97 Å².